The molecule has 0 fully saturated rings. The lowest BCUT2D eigenvalue weighted by Gasteiger charge is -2.01. The van der Waals surface area contributed by atoms with Gasteiger partial charge in [-0.3, -0.25) is 10.1 Å². The number of nitrogens with one attached hydrogen (secondary N) is 2. The van der Waals surface area contributed by atoms with Crippen LogP contribution in [-0.2, 0) is 11.3 Å². The highest BCUT2D eigenvalue weighted by Crippen LogP contribution is 2.14. The summed E-state index contributed by atoms with van der Waals surface area (Å²) in [5.74, 6) is -0.819. The van der Waals surface area contributed by atoms with Crippen LogP contribution in [0.1, 0.15) is 0 Å². The van der Waals surface area contributed by atoms with Gasteiger partial charge in [-0.2, -0.15) is 4.80 Å². The van der Waals surface area contributed by atoms with Crippen LogP contribution in [0.25, 0.3) is 11.4 Å². The minimum atomic E-state index is -0.625. The monoisotopic (exact) mass is 278 g/mol. The number of hydrogen-bond donors (Lipinski definition) is 2. The fourth-order valence-electron chi connectivity index (χ4n) is 1.41. The molecule has 0 bridgehead atoms. The van der Waals surface area contributed by atoms with E-state index in [0.717, 1.165) is 4.80 Å². The third-order valence-electron chi connectivity index (χ3n) is 2.30. The van der Waals surface area contributed by atoms with Gasteiger partial charge in [-0.25, -0.2) is 9.18 Å². The predicted octanol–water partition coefficient (Wildman–Crippen LogP) is -0.0652. The molecule has 9 heteroatoms. The zero-order valence-electron chi connectivity index (χ0n) is 10.5. The molecule has 2 aromatic rings. The normalized spacial score (nSPS) is 10.1. The number of halogens is 1. The number of aromatic nitrogens is 4. The smallest absolute Gasteiger partial charge is 0.321 e. The number of carbonyl (C=O) groups excluding carboxylic acids is 2. The fraction of sp³-hybridized carbons (Fsp3) is 0.182. The zero-order valence-corrected chi connectivity index (χ0v) is 10.5. The van der Waals surface area contributed by atoms with Gasteiger partial charge in [-0.15, -0.1) is 10.2 Å². The molecule has 1 aromatic heterocycles. The minimum absolute atomic E-state index is 0.192. The standard InChI is InChI=1S/C11H11FN6O2/c1-13-11(20)14-9(19)6-18-16-10(15-17-18)7-3-2-4-8(12)5-7/h2-5H,6H2,1H3,(H2,13,14,19,20). The molecular weight excluding hydrogens is 267 g/mol. The lowest BCUT2D eigenvalue weighted by atomic mass is 10.2. The number of tetrazole rings is 1. The second-order valence-corrected chi connectivity index (χ2v) is 3.78. The van der Waals surface area contributed by atoms with Gasteiger partial charge in [0, 0.05) is 12.6 Å². The maximum Gasteiger partial charge on any atom is 0.321 e. The van der Waals surface area contributed by atoms with Crippen molar-refractivity contribution in [3.63, 3.8) is 0 Å². The Bertz CT molecular complexity index is 641. The van der Waals surface area contributed by atoms with Gasteiger partial charge < -0.3 is 5.32 Å². The van der Waals surface area contributed by atoms with Crippen molar-refractivity contribution in [3.05, 3.63) is 30.1 Å². The van der Waals surface area contributed by atoms with Crippen LogP contribution in [0.2, 0.25) is 0 Å². The maximum atomic E-state index is 13.1. The Morgan fingerprint density at radius 1 is 1.40 bits per heavy atom. The van der Waals surface area contributed by atoms with Crippen LogP contribution in [0, 0.1) is 5.82 Å². The van der Waals surface area contributed by atoms with E-state index in [1.165, 1.54) is 25.2 Å². The topological polar surface area (TPSA) is 102 Å². The van der Waals surface area contributed by atoms with Crippen molar-refractivity contribution >= 4 is 11.9 Å². The first-order valence-electron chi connectivity index (χ1n) is 5.64. The number of imide groups is 1. The average Bonchev–Trinajstić information content (AvgIpc) is 2.87. The van der Waals surface area contributed by atoms with Crippen molar-refractivity contribution in [2.24, 2.45) is 0 Å². The Kier molecular flexibility index (Phi) is 3.99. The van der Waals surface area contributed by atoms with E-state index in [1.807, 2.05) is 0 Å². The summed E-state index contributed by atoms with van der Waals surface area (Å²) >= 11 is 0. The Balaban J connectivity index is 2.06. The summed E-state index contributed by atoms with van der Waals surface area (Å²) in [5.41, 5.74) is 0.447. The highest BCUT2D eigenvalue weighted by molar-refractivity contribution is 5.93. The van der Waals surface area contributed by atoms with E-state index in [0.29, 0.717) is 5.56 Å². The van der Waals surface area contributed by atoms with Crippen LogP contribution in [0.5, 0.6) is 0 Å². The molecule has 0 radical (unpaired) electrons. The molecule has 0 aliphatic heterocycles. The predicted molar refractivity (Wildman–Crippen MR) is 65.8 cm³/mol. The molecule has 20 heavy (non-hydrogen) atoms. The number of hydrogen-bond acceptors (Lipinski definition) is 5. The van der Waals surface area contributed by atoms with Gasteiger partial charge in [0.05, 0.1) is 0 Å². The van der Waals surface area contributed by atoms with Crippen molar-refractivity contribution in [3.8, 4) is 11.4 Å². The number of nitrogens with zero attached hydrogens (tertiary/aromatic N) is 4. The summed E-state index contributed by atoms with van der Waals surface area (Å²) in [6, 6.07) is 5.07. The van der Waals surface area contributed by atoms with Crippen LogP contribution in [-0.4, -0.2) is 39.2 Å². The zero-order chi connectivity index (χ0) is 14.5. The molecule has 104 valence electrons. The highest BCUT2D eigenvalue weighted by Gasteiger charge is 2.11. The van der Waals surface area contributed by atoms with E-state index in [9.17, 15) is 14.0 Å². The molecule has 0 atom stereocenters. The van der Waals surface area contributed by atoms with Gasteiger partial charge in [-0.1, -0.05) is 12.1 Å². The first kappa shape index (κ1) is 13.6. The molecule has 0 aliphatic carbocycles. The Hall–Kier alpha value is -2.84. The summed E-state index contributed by atoms with van der Waals surface area (Å²) in [6.45, 7) is -0.268. The van der Waals surface area contributed by atoms with Crippen LogP contribution in [0.15, 0.2) is 24.3 Å². The van der Waals surface area contributed by atoms with Crippen molar-refractivity contribution in [1.82, 2.24) is 30.8 Å². The molecule has 3 amide bonds. The molecule has 0 saturated heterocycles. The second-order valence-electron chi connectivity index (χ2n) is 3.78. The molecule has 1 aromatic carbocycles. The largest absolute Gasteiger partial charge is 0.341 e. The van der Waals surface area contributed by atoms with E-state index in [-0.39, 0.29) is 12.4 Å². The van der Waals surface area contributed by atoms with Gasteiger partial charge >= 0.3 is 6.03 Å². The highest BCUT2D eigenvalue weighted by atomic mass is 19.1. The average molecular weight is 278 g/mol. The number of amides is 3. The Morgan fingerprint density at radius 2 is 2.20 bits per heavy atom. The summed E-state index contributed by atoms with van der Waals surface area (Å²) in [7, 11) is 1.39. The van der Waals surface area contributed by atoms with Gasteiger partial charge in [0.2, 0.25) is 5.82 Å². The SMILES string of the molecule is CNC(=O)NC(=O)Cn1nnc(-c2cccc(F)c2)n1. The quantitative estimate of drug-likeness (QED) is 0.818. The summed E-state index contributed by atoms with van der Waals surface area (Å²) in [6.07, 6.45) is 0. The molecular formula is C11H11FN6O2. The van der Waals surface area contributed by atoms with Crippen molar-refractivity contribution < 1.29 is 14.0 Å². The molecule has 0 saturated carbocycles. The Labute approximate surface area is 113 Å². The third-order valence-corrected chi connectivity index (χ3v) is 2.30. The molecule has 2 rings (SSSR count). The first-order valence-corrected chi connectivity index (χ1v) is 5.64. The second kappa shape index (κ2) is 5.87. The molecule has 8 nitrogen and oxygen atoms in total. The van der Waals surface area contributed by atoms with Gasteiger partial charge in [0.25, 0.3) is 5.91 Å². The number of rotatable bonds is 3. The fourth-order valence-corrected chi connectivity index (χ4v) is 1.41. The van der Waals surface area contributed by atoms with Crippen molar-refractivity contribution in [2.45, 2.75) is 6.54 Å². The Morgan fingerprint density at radius 3 is 2.90 bits per heavy atom. The lowest BCUT2D eigenvalue weighted by Crippen LogP contribution is -2.39. The molecule has 0 unspecified atom stereocenters. The van der Waals surface area contributed by atoms with Crippen LogP contribution >= 0.6 is 0 Å². The van der Waals surface area contributed by atoms with E-state index in [1.54, 1.807) is 6.07 Å². The van der Waals surface area contributed by atoms with Crippen LogP contribution < -0.4 is 10.6 Å². The number of benzene rings is 1. The summed E-state index contributed by atoms with van der Waals surface area (Å²) in [5, 5.41) is 15.6. The first-order chi connectivity index (χ1) is 9.58. The molecule has 0 aliphatic rings. The van der Waals surface area contributed by atoms with E-state index < -0.39 is 17.8 Å². The molecule has 1 heterocycles. The van der Waals surface area contributed by atoms with Crippen LogP contribution in [0.3, 0.4) is 0 Å². The lowest BCUT2D eigenvalue weighted by molar-refractivity contribution is -0.121. The van der Waals surface area contributed by atoms with Gasteiger partial charge in [-0.05, 0) is 17.3 Å². The number of urea groups is 1. The van der Waals surface area contributed by atoms with Crippen molar-refractivity contribution in [2.75, 3.05) is 7.05 Å². The van der Waals surface area contributed by atoms with Crippen LogP contribution in [0.4, 0.5) is 9.18 Å². The van der Waals surface area contributed by atoms with Gasteiger partial charge in [0.1, 0.15) is 12.4 Å². The molecule has 2 N–H and O–H groups in total. The third kappa shape index (κ3) is 3.34. The number of carbonyl (C=O) groups is 2. The van der Waals surface area contributed by atoms with E-state index in [2.05, 4.69) is 26.0 Å². The summed E-state index contributed by atoms with van der Waals surface area (Å²) in [4.78, 5) is 23.4. The molecule has 0 spiro atoms. The van der Waals surface area contributed by atoms with Gasteiger partial charge in [0.15, 0.2) is 0 Å². The van der Waals surface area contributed by atoms with E-state index >= 15 is 0 Å². The summed E-state index contributed by atoms with van der Waals surface area (Å²) < 4.78 is 13.1. The van der Waals surface area contributed by atoms with E-state index in [4.69, 9.17) is 0 Å². The maximum absolute atomic E-state index is 13.1. The van der Waals surface area contributed by atoms with Crippen molar-refractivity contribution in [1.29, 1.82) is 0 Å². The minimum Gasteiger partial charge on any atom is -0.341 e.